The van der Waals surface area contributed by atoms with Crippen molar-refractivity contribution in [2.75, 3.05) is 0 Å². The van der Waals surface area contributed by atoms with Crippen molar-refractivity contribution in [2.24, 2.45) is 0 Å². The standard InChI is InChI=1S/C13H9/c1-3-7-12(8-4-1)11-13-9-5-2-6-10-13/h1-9H. The Kier molecular flexibility index (Phi) is 2.42. The number of rotatable bonds is 2. The molecule has 0 nitrogen and oxygen atoms in total. The average molecular weight is 165 g/mol. The van der Waals surface area contributed by atoms with Crippen LogP contribution in [-0.4, -0.2) is 0 Å². The van der Waals surface area contributed by atoms with Crippen LogP contribution in [0.4, 0.5) is 0 Å². The van der Waals surface area contributed by atoms with Gasteiger partial charge in [-0.1, -0.05) is 54.6 Å². The topological polar surface area (TPSA) is 0 Å². The fraction of sp³-hybridized carbons (Fsp3) is 0. The predicted molar refractivity (Wildman–Crippen MR) is 53.2 cm³/mol. The molecule has 0 aromatic heterocycles. The van der Waals surface area contributed by atoms with Crippen LogP contribution in [0.2, 0.25) is 0 Å². The van der Waals surface area contributed by atoms with Gasteiger partial charge in [-0.15, -0.1) is 0 Å². The Balaban J connectivity index is 2.16. The second-order valence-electron chi connectivity index (χ2n) is 2.77. The summed E-state index contributed by atoms with van der Waals surface area (Å²) in [5, 5.41) is 0. The van der Waals surface area contributed by atoms with Crippen LogP contribution in [0.5, 0.6) is 0 Å². The lowest BCUT2D eigenvalue weighted by Gasteiger charge is -1.98. The highest BCUT2D eigenvalue weighted by Gasteiger charge is 1.94. The molecule has 13 heavy (non-hydrogen) atoms. The molecule has 0 heteroatoms. The van der Waals surface area contributed by atoms with Crippen molar-refractivity contribution in [3.8, 4) is 0 Å². The van der Waals surface area contributed by atoms with E-state index >= 15 is 0 Å². The van der Waals surface area contributed by atoms with Crippen LogP contribution in [0, 0.1) is 12.5 Å². The Morgan fingerprint density at radius 1 is 0.846 bits per heavy atom. The highest BCUT2D eigenvalue weighted by atomic mass is 14.0. The van der Waals surface area contributed by atoms with E-state index < -0.39 is 0 Å². The van der Waals surface area contributed by atoms with Gasteiger partial charge in [-0.25, -0.2) is 0 Å². The summed E-state index contributed by atoms with van der Waals surface area (Å²) < 4.78 is 0. The van der Waals surface area contributed by atoms with Gasteiger partial charge in [0, 0.05) is 0 Å². The minimum absolute atomic E-state index is 0.994. The molecule has 0 unspecified atom stereocenters. The maximum absolute atomic E-state index is 3.25. The Hall–Kier alpha value is -1.56. The van der Waals surface area contributed by atoms with E-state index in [-0.39, 0.29) is 0 Å². The van der Waals surface area contributed by atoms with Gasteiger partial charge in [-0.05, 0) is 17.2 Å². The van der Waals surface area contributed by atoms with E-state index in [0.717, 1.165) is 11.1 Å². The van der Waals surface area contributed by atoms with Crippen LogP contribution in [0.3, 0.4) is 0 Å². The third-order valence-corrected chi connectivity index (χ3v) is 1.76. The van der Waals surface area contributed by atoms with E-state index in [1.54, 1.807) is 0 Å². The molecule has 0 bridgehead atoms. The van der Waals surface area contributed by atoms with Gasteiger partial charge in [0.15, 0.2) is 0 Å². The molecule has 0 atom stereocenters. The fourth-order valence-corrected chi connectivity index (χ4v) is 1.15. The summed E-state index contributed by atoms with van der Waals surface area (Å²) >= 11 is 0. The first-order valence-corrected chi connectivity index (χ1v) is 4.24. The summed E-state index contributed by atoms with van der Waals surface area (Å²) in [7, 11) is 0. The molecule has 2 aromatic rings. The van der Waals surface area contributed by atoms with Gasteiger partial charge in [0.2, 0.25) is 0 Å². The molecular formula is C13H9. The van der Waals surface area contributed by atoms with Crippen LogP contribution in [0.1, 0.15) is 11.1 Å². The van der Waals surface area contributed by atoms with Crippen molar-refractivity contribution >= 4 is 0 Å². The summed E-state index contributed by atoms with van der Waals surface area (Å²) in [5.41, 5.74) is 2.08. The lowest BCUT2D eigenvalue weighted by molar-refractivity contribution is 1.43. The molecule has 0 saturated carbocycles. The second-order valence-corrected chi connectivity index (χ2v) is 2.77. The van der Waals surface area contributed by atoms with Crippen molar-refractivity contribution in [3.63, 3.8) is 0 Å². The lowest BCUT2D eigenvalue weighted by atomic mass is 10.1. The molecule has 0 spiro atoms. The fourth-order valence-electron chi connectivity index (χ4n) is 1.15. The maximum Gasteiger partial charge on any atom is 0.0508 e. The van der Waals surface area contributed by atoms with Gasteiger partial charge in [0.05, 0.1) is 6.42 Å². The summed E-state index contributed by atoms with van der Waals surface area (Å²) in [6.07, 6.45) is 3.25. The van der Waals surface area contributed by atoms with E-state index in [0.29, 0.717) is 0 Å². The minimum atomic E-state index is 0.994. The van der Waals surface area contributed by atoms with Gasteiger partial charge < -0.3 is 0 Å². The highest BCUT2D eigenvalue weighted by Crippen LogP contribution is 2.09. The molecule has 0 aliphatic carbocycles. The zero-order valence-electron chi connectivity index (χ0n) is 7.20. The first-order chi connectivity index (χ1) is 6.45. The second kappa shape index (κ2) is 3.90. The van der Waals surface area contributed by atoms with Gasteiger partial charge in [-0.2, -0.15) is 0 Å². The van der Waals surface area contributed by atoms with E-state index in [9.17, 15) is 0 Å². The quantitative estimate of drug-likeness (QED) is 0.641. The predicted octanol–water partition coefficient (Wildman–Crippen LogP) is 2.96. The molecule has 0 amide bonds. The van der Waals surface area contributed by atoms with Gasteiger partial charge in [0.25, 0.3) is 0 Å². The van der Waals surface area contributed by atoms with Crippen molar-refractivity contribution in [2.45, 2.75) is 0 Å². The van der Waals surface area contributed by atoms with Crippen LogP contribution in [-0.2, 0) is 0 Å². The first-order valence-electron chi connectivity index (χ1n) is 4.24. The van der Waals surface area contributed by atoms with Crippen molar-refractivity contribution in [1.29, 1.82) is 0 Å². The van der Waals surface area contributed by atoms with Gasteiger partial charge in [-0.3, -0.25) is 0 Å². The van der Waals surface area contributed by atoms with Crippen LogP contribution < -0.4 is 0 Å². The van der Waals surface area contributed by atoms with E-state index in [1.165, 1.54) is 0 Å². The van der Waals surface area contributed by atoms with Crippen molar-refractivity contribution in [1.82, 2.24) is 0 Å². The molecule has 0 fully saturated rings. The average Bonchev–Trinajstić information content (AvgIpc) is 2.21. The van der Waals surface area contributed by atoms with Crippen molar-refractivity contribution < 1.29 is 0 Å². The number of hydrogen-bond donors (Lipinski definition) is 0. The van der Waals surface area contributed by atoms with E-state index in [2.05, 4.69) is 12.5 Å². The largest absolute Gasteiger partial charge is 0.0622 e. The summed E-state index contributed by atoms with van der Waals surface area (Å²) in [6, 6.07) is 21.0. The maximum atomic E-state index is 3.25. The number of benzene rings is 2. The molecule has 0 heterocycles. The Morgan fingerprint density at radius 3 is 2.31 bits per heavy atom. The van der Waals surface area contributed by atoms with Crippen LogP contribution in [0.15, 0.2) is 54.6 Å². The Bertz CT molecular complexity index is 311. The molecule has 2 aromatic carbocycles. The Labute approximate surface area is 78.9 Å². The molecule has 2 rings (SSSR count). The highest BCUT2D eigenvalue weighted by molar-refractivity contribution is 5.35. The molecular weight excluding hydrogens is 156 g/mol. The van der Waals surface area contributed by atoms with E-state index in [4.69, 9.17) is 0 Å². The zero-order valence-corrected chi connectivity index (χ0v) is 7.20. The Morgan fingerprint density at radius 2 is 1.62 bits per heavy atom. The monoisotopic (exact) mass is 165 g/mol. The van der Waals surface area contributed by atoms with Gasteiger partial charge in [0.1, 0.15) is 0 Å². The smallest absolute Gasteiger partial charge is 0.0508 e. The summed E-state index contributed by atoms with van der Waals surface area (Å²) in [4.78, 5) is 0. The normalized spacial score (nSPS) is 9.85. The lowest BCUT2D eigenvalue weighted by Crippen LogP contribution is -1.83. The SMILES string of the molecule is [C](c1[c]cccc1)c1ccccc1. The molecule has 3 radical (unpaired) electrons. The summed E-state index contributed by atoms with van der Waals surface area (Å²) in [5.74, 6) is 0. The molecule has 0 aliphatic heterocycles. The zero-order chi connectivity index (χ0) is 8.93. The van der Waals surface area contributed by atoms with Gasteiger partial charge >= 0.3 is 0 Å². The first kappa shape index (κ1) is 8.06. The molecule has 61 valence electrons. The van der Waals surface area contributed by atoms with Crippen LogP contribution in [0.25, 0.3) is 0 Å². The van der Waals surface area contributed by atoms with E-state index in [1.807, 2.05) is 54.6 Å². The van der Waals surface area contributed by atoms with Crippen LogP contribution >= 0.6 is 0 Å². The molecule has 0 saturated heterocycles. The summed E-state index contributed by atoms with van der Waals surface area (Å²) in [6.45, 7) is 0. The molecule has 0 N–H and O–H groups in total. The third kappa shape index (κ3) is 2.19. The minimum Gasteiger partial charge on any atom is -0.0622 e. The molecule has 0 aliphatic rings. The number of hydrogen-bond acceptors (Lipinski definition) is 0. The third-order valence-electron chi connectivity index (χ3n) is 1.76. The van der Waals surface area contributed by atoms with Crippen molar-refractivity contribution in [3.05, 3.63) is 78.2 Å².